The summed E-state index contributed by atoms with van der Waals surface area (Å²) in [5, 5.41) is 0.661. The molecule has 2 aromatic heterocycles. The Balaban J connectivity index is 1.59. The van der Waals surface area contributed by atoms with Crippen LogP contribution in [0.1, 0.15) is 35.8 Å². The summed E-state index contributed by atoms with van der Waals surface area (Å²) in [6, 6.07) is 9.54. The molecule has 1 unspecified atom stereocenters. The Morgan fingerprint density at radius 1 is 1.29 bits per heavy atom. The van der Waals surface area contributed by atoms with E-state index in [2.05, 4.69) is 11.9 Å². The van der Waals surface area contributed by atoms with Gasteiger partial charge >= 0.3 is 0 Å². The molecule has 2 N–H and O–H groups in total. The number of nitrogens with zero attached hydrogens (tertiary/aromatic N) is 3. The van der Waals surface area contributed by atoms with Crippen LogP contribution in [0.2, 0.25) is 0 Å². The summed E-state index contributed by atoms with van der Waals surface area (Å²) < 4.78 is 1.39. The number of nitrogens with two attached hydrogens (primary N) is 1. The normalized spacial score (nSPS) is 15.6. The molecule has 31 heavy (non-hydrogen) atoms. The molecule has 1 aliphatic rings. The van der Waals surface area contributed by atoms with Crippen molar-refractivity contribution in [1.29, 1.82) is 0 Å². The number of fused-ring (bicyclic) bond motifs is 3. The van der Waals surface area contributed by atoms with Gasteiger partial charge < -0.3 is 10.6 Å². The first kappa shape index (κ1) is 21.2. The van der Waals surface area contributed by atoms with Crippen molar-refractivity contribution in [1.82, 2.24) is 14.5 Å². The molecule has 2 heterocycles. The van der Waals surface area contributed by atoms with Crippen LogP contribution in [0, 0.1) is 5.92 Å². The van der Waals surface area contributed by atoms with E-state index in [4.69, 9.17) is 5.73 Å². The van der Waals surface area contributed by atoms with Gasteiger partial charge in [0.15, 0.2) is 0 Å². The molecule has 0 saturated carbocycles. The monoisotopic (exact) mass is 438 g/mol. The second kappa shape index (κ2) is 9.01. The van der Waals surface area contributed by atoms with Gasteiger partial charge in [-0.05, 0) is 36.3 Å². The standard InChI is InChI=1S/C23H26N4O3S/c1-15-7-8-17-18(11-15)31-22-21(17)23(30)27(14-25-22)13-20(29)26(10-9-19(24)28)12-16-5-3-2-4-6-16/h2-6,14-15H,7-13H2,1H3,(H2,24,28). The molecule has 1 aromatic carbocycles. The zero-order chi connectivity index (χ0) is 22.0. The van der Waals surface area contributed by atoms with E-state index in [9.17, 15) is 14.4 Å². The number of primary amides is 1. The number of aryl methyl sites for hydroxylation is 1. The molecule has 3 aromatic rings. The fourth-order valence-electron chi connectivity index (χ4n) is 4.07. The van der Waals surface area contributed by atoms with Gasteiger partial charge in [0.25, 0.3) is 5.56 Å². The van der Waals surface area contributed by atoms with Crippen molar-refractivity contribution in [3.05, 3.63) is 63.0 Å². The number of thiophene rings is 1. The van der Waals surface area contributed by atoms with E-state index >= 15 is 0 Å². The van der Waals surface area contributed by atoms with E-state index < -0.39 is 5.91 Å². The maximum atomic E-state index is 13.2. The number of aromatic nitrogens is 2. The summed E-state index contributed by atoms with van der Waals surface area (Å²) in [5.41, 5.74) is 7.18. The fourth-order valence-corrected chi connectivity index (χ4v) is 5.41. The van der Waals surface area contributed by atoms with Gasteiger partial charge in [-0.2, -0.15) is 0 Å². The minimum Gasteiger partial charge on any atom is -0.370 e. The summed E-state index contributed by atoms with van der Waals surface area (Å²) in [4.78, 5) is 45.6. The van der Waals surface area contributed by atoms with Crippen LogP contribution in [-0.4, -0.2) is 32.8 Å². The van der Waals surface area contributed by atoms with Crippen LogP contribution in [0.5, 0.6) is 0 Å². The third kappa shape index (κ3) is 4.69. The number of rotatable bonds is 7. The summed E-state index contributed by atoms with van der Waals surface area (Å²) in [7, 11) is 0. The smallest absolute Gasteiger partial charge is 0.262 e. The van der Waals surface area contributed by atoms with E-state index in [-0.39, 0.29) is 31.0 Å². The molecule has 4 rings (SSSR count). The van der Waals surface area contributed by atoms with Gasteiger partial charge in [-0.1, -0.05) is 37.3 Å². The minimum atomic E-state index is -0.467. The van der Waals surface area contributed by atoms with Gasteiger partial charge in [-0.15, -0.1) is 11.3 Å². The van der Waals surface area contributed by atoms with Gasteiger partial charge in [0.1, 0.15) is 11.4 Å². The predicted molar refractivity (Wildman–Crippen MR) is 121 cm³/mol. The number of carbonyl (C=O) groups excluding carboxylic acids is 2. The molecule has 0 saturated heterocycles. The first-order valence-electron chi connectivity index (χ1n) is 10.5. The van der Waals surface area contributed by atoms with Gasteiger partial charge in [0.05, 0.1) is 11.7 Å². The second-order valence-electron chi connectivity index (χ2n) is 8.23. The van der Waals surface area contributed by atoms with E-state index in [0.29, 0.717) is 17.8 Å². The van der Waals surface area contributed by atoms with Crippen LogP contribution in [0.4, 0.5) is 0 Å². The minimum absolute atomic E-state index is 0.0704. The average molecular weight is 439 g/mol. The summed E-state index contributed by atoms with van der Waals surface area (Å²) in [5.74, 6) is -0.0996. The molecular formula is C23H26N4O3S. The third-order valence-electron chi connectivity index (χ3n) is 5.78. The number of carbonyl (C=O) groups is 2. The molecular weight excluding hydrogens is 412 g/mol. The number of hydrogen-bond donors (Lipinski definition) is 1. The van der Waals surface area contributed by atoms with Crippen molar-refractivity contribution in [2.45, 2.75) is 45.7 Å². The maximum absolute atomic E-state index is 13.2. The van der Waals surface area contributed by atoms with Gasteiger partial charge in [0, 0.05) is 24.4 Å². The van der Waals surface area contributed by atoms with Crippen LogP contribution in [0.25, 0.3) is 10.2 Å². The number of hydrogen-bond acceptors (Lipinski definition) is 5. The molecule has 0 radical (unpaired) electrons. The van der Waals surface area contributed by atoms with Crippen LogP contribution < -0.4 is 11.3 Å². The molecule has 1 aliphatic carbocycles. The zero-order valence-electron chi connectivity index (χ0n) is 17.5. The van der Waals surface area contributed by atoms with Crippen LogP contribution in [0.3, 0.4) is 0 Å². The first-order chi connectivity index (χ1) is 14.9. The Hall–Kier alpha value is -3.00. The molecule has 8 heteroatoms. The van der Waals surface area contributed by atoms with Crippen molar-refractivity contribution in [3.63, 3.8) is 0 Å². The Labute approximate surface area is 184 Å². The van der Waals surface area contributed by atoms with Crippen molar-refractivity contribution >= 4 is 33.4 Å². The molecule has 0 fully saturated rings. The van der Waals surface area contributed by atoms with Crippen molar-refractivity contribution in [2.75, 3.05) is 6.54 Å². The van der Waals surface area contributed by atoms with Crippen molar-refractivity contribution in [3.8, 4) is 0 Å². The lowest BCUT2D eigenvalue weighted by atomic mass is 9.89. The molecule has 1 atom stereocenters. The van der Waals surface area contributed by atoms with E-state index in [0.717, 1.165) is 35.2 Å². The molecule has 2 amide bonds. The Morgan fingerprint density at radius 3 is 2.81 bits per heavy atom. The van der Waals surface area contributed by atoms with Crippen LogP contribution >= 0.6 is 11.3 Å². The maximum Gasteiger partial charge on any atom is 0.262 e. The highest BCUT2D eigenvalue weighted by Crippen LogP contribution is 2.35. The lowest BCUT2D eigenvalue weighted by Gasteiger charge is -2.23. The molecule has 162 valence electrons. The number of benzene rings is 1. The lowest BCUT2D eigenvalue weighted by Crippen LogP contribution is -2.38. The highest BCUT2D eigenvalue weighted by Gasteiger charge is 2.24. The second-order valence-corrected chi connectivity index (χ2v) is 9.31. The molecule has 0 aliphatic heterocycles. The fraction of sp³-hybridized carbons (Fsp3) is 0.391. The predicted octanol–water partition coefficient (Wildman–Crippen LogP) is 2.49. The first-order valence-corrected chi connectivity index (χ1v) is 11.3. The third-order valence-corrected chi connectivity index (χ3v) is 6.95. The highest BCUT2D eigenvalue weighted by molar-refractivity contribution is 7.18. The Kier molecular flexibility index (Phi) is 6.18. The molecule has 0 spiro atoms. The summed E-state index contributed by atoms with van der Waals surface area (Å²) in [6.07, 6.45) is 4.45. The van der Waals surface area contributed by atoms with Gasteiger partial charge in [-0.25, -0.2) is 4.98 Å². The summed E-state index contributed by atoms with van der Waals surface area (Å²) in [6.45, 7) is 2.67. The SMILES string of the molecule is CC1CCc2c(sc3ncn(CC(=O)N(CCC(N)=O)Cc4ccccc4)c(=O)c23)C1. The van der Waals surface area contributed by atoms with E-state index in [1.54, 1.807) is 16.2 Å². The highest BCUT2D eigenvalue weighted by atomic mass is 32.1. The van der Waals surface area contributed by atoms with Gasteiger partial charge in [0.2, 0.25) is 11.8 Å². The largest absolute Gasteiger partial charge is 0.370 e. The zero-order valence-corrected chi connectivity index (χ0v) is 18.4. The topological polar surface area (TPSA) is 98.3 Å². The van der Waals surface area contributed by atoms with Crippen LogP contribution in [-0.2, 0) is 35.5 Å². The lowest BCUT2D eigenvalue weighted by molar-refractivity contribution is -0.133. The average Bonchev–Trinajstić information content (AvgIpc) is 3.11. The van der Waals surface area contributed by atoms with Gasteiger partial charge in [-0.3, -0.25) is 19.0 Å². The van der Waals surface area contributed by atoms with Crippen molar-refractivity contribution in [2.24, 2.45) is 11.7 Å². The quantitative estimate of drug-likeness (QED) is 0.613. The number of amides is 2. The Morgan fingerprint density at radius 2 is 2.06 bits per heavy atom. The Bertz CT molecular complexity index is 1170. The van der Waals surface area contributed by atoms with Crippen molar-refractivity contribution < 1.29 is 9.59 Å². The molecule has 7 nitrogen and oxygen atoms in total. The van der Waals surface area contributed by atoms with E-state index in [1.165, 1.54) is 15.8 Å². The van der Waals surface area contributed by atoms with Crippen LogP contribution in [0.15, 0.2) is 41.5 Å². The summed E-state index contributed by atoms with van der Waals surface area (Å²) >= 11 is 1.59. The molecule has 0 bridgehead atoms. The van der Waals surface area contributed by atoms with E-state index in [1.807, 2.05) is 30.3 Å².